The van der Waals surface area contributed by atoms with Crippen molar-refractivity contribution in [1.29, 1.82) is 0 Å². The summed E-state index contributed by atoms with van der Waals surface area (Å²) in [4.78, 5) is 0. The average Bonchev–Trinajstić information content (AvgIpc) is 2.17. The SMILES string of the molecule is CC#CC1CCC(OCCO)CC1. The normalized spacial score (nSPS) is 27.8. The van der Waals surface area contributed by atoms with Crippen molar-refractivity contribution in [2.45, 2.75) is 38.7 Å². The van der Waals surface area contributed by atoms with Crippen LogP contribution in [-0.2, 0) is 4.74 Å². The summed E-state index contributed by atoms with van der Waals surface area (Å²) in [5, 5.41) is 8.59. The molecule has 2 heteroatoms. The summed E-state index contributed by atoms with van der Waals surface area (Å²) in [7, 11) is 0. The Morgan fingerprint density at radius 1 is 1.31 bits per heavy atom. The van der Waals surface area contributed by atoms with Crippen LogP contribution in [-0.4, -0.2) is 24.4 Å². The maximum Gasteiger partial charge on any atom is 0.0701 e. The predicted octanol–water partition coefficient (Wildman–Crippen LogP) is 1.58. The number of hydrogen-bond donors (Lipinski definition) is 1. The topological polar surface area (TPSA) is 29.5 Å². The zero-order chi connectivity index (χ0) is 9.52. The lowest BCUT2D eigenvalue weighted by Crippen LogP contribution is -2.22. The van der Waals surface area contributed by atoms with Gasteiger partial charge in [-0.15, -0.1) is 11.8 Å². The molecule has 0 unspecified atom stereocenters. The lowest BCUT2D eigenvalue weighted by Gasteiger charge is -2.25. The van der Waals surface area contributed by atoms with E-state index in [0.29, 0.717) is 18.6 Å². The molecule has 74 valence electrons. The molecule has 0 aliphatic heterocycles. The Hall–Kier alpha value is -0.520. The summed E-state index contributed by atoms with van der Waals surface area (Å²) in [5.74, 6) is 6.75. The standard InChI is InChI=1S/C11H18O2/c1-2-3-10-4-6-11(7-5-10)13-9-8-12/h10-12H,4-9H2,1H3. The van der Waals surface area contributed by atoms with Gasteiger partial charge in [0.25, 0.3) is 0 Å². The minimum atomic E-state index is 0.134. The molecule has 1 aliphatic rings. The molecule has 1 N–H and O–H groups in total. The second kappa shape index (κ2) is 6.01. The highest BCUT2D eigenvalue weighted by Crippen LogP contribution is 2.25. The molecule has 0 atom stereocenters. The van der Waals surface area contributed by atoms with Crippen LogP contribution < -0.4 is 0 Å². The monoisotopic (exact) mass is 182 g/mol. The summed E-state index contributed by atoms with van der Waals surface area (Å²) >= 11 is 0. The number of aliphatic hydroxyl groups excluding tert-OH is 1. The Kier molecular flexibility index (Phi) is 4.88. The third kappa shape index (κ3) is 3.80. The molecule has 1 rings (SSSR count). The van der Waals surface area contributed by atoms with Crippen molar-refractivity contribution in [3.8, 4) is 11.8 Å². The fourth-order valence-corrected chi connectivity index (χ4v) is 1.80. The van der Waals surface area contributed by atoms with Gasteiger partial charge in [-0.2, -0.15) is 0 Å². The van der Waals surface area contributed by atoms with Crippen molar-refractivity contribution >= 4 is 0 Å². The second-order valence-electron chi connectivity index (χ2n) is 3.46. The zero-order valence-corrected chi connectivity index (χ0v) is 8.25. The van der Waals surface area contributed by atoms with Crippen molar-refractivity contribution in [1.82, 2.24) is 0 Å². The summed E-state index contributed by atoms with van der Waals surface area (Å²) in [5.41, 5.74) is 0. The fraction of sp³-hybridized carbons (Fsp3) is 0.818. The smallest absolute Gasteiger partial charge is 0.0701 e. The van der Waals surface area contributed by atoms with Crippen molar-refractivity contribution in [2.24, 2.45) is 5.92 Å². The van der Waals surface area contributed by atoms with Gasteiger partial charge < -0.3 is 9.84 Å². The summed E-state index contributed by atoms with van der Waals surface area (Å²) < 4.78 is 5.46. The first-order valence-electron chi connectivity index (χ1n) is 5.01. The molecule has 0 spiro atoms. The highest BCUT2D eigenvalue weighted by Gasteiger charge is 2.19. The molecular weight excluding hydrogens is 164 g/mol. The first kappa shape index (κ1) is 10.6. The Balaban J connectivity index is 2.17. The minimum Gasteiger partial charge on any atom is -0.394 e. The van der Waals surface area contributed by atoms with E-state index in [1.807, 2.05) is 6.92 Å². The molecule has 0 amide bonds. The van der Waals surface area contributed by atoms with E-state index < -0.39 is 0 Å². The zero-order valence-electron chi connectivity index (χ0n) is 8.25. The summed E-state index contributed by atoms with van der Waals surface area (Å²) in [6.45, 7) is 2.51. The Bertz CT molecular complexity index is 182. The van der Waals surface area contributed by atoms with Crippen LogP contribution in [0.5, 0.6) is 0 Å². The summed E-state index contributed by atoms with van der Waals surface area (Å²) in [6, 6.07) is 0. The molecule has 0 aromatic rings. The molecule has 13 heavy (non-hydrogen) atoms. The fourth-order valence-electron chi connectivity index (χ4n) is 1.80. The van der Waals surface area contributed by atoms with E-state index in [1.54, 1.807) is 0 Å². The van der Waals surface area contributed by atoms with E-state index in [-0.39, 0.29) is 6.61 Å². The average molecular weight is 182 g/mol. The highest BCUT2D eigenvalue weighted by molar-refractivity contribution is 5.02. The van der Waals surface area contributed by atoms with Crippen LogP contribution in [0.4, 0.5) is 0 Å². The van der Waals surface area contributed by atoms with E-state index in [1.165, 1.54) is 0 Å². The second-order valence-corrected chi connectivity index (χ2v) is 3.46. The van der Waals surface area contributed by atoms with E-state index in [4.69, 9.17) is 9.84 Å². The van der Waals surface area contributed by atoms with Gasteiger partial charge in [-0.05, 0) is 32.6 Å². The number of rotatable bonds is 3. The van der Waals surface area contributed by atoms with Crippen molar-refractivity contribution < 1.29 is 9.84 Å². The van der Waals surface area contributed by atoms with Gasteiger partial charge in [0.2, 0.25) is 0 Å². The van der Waals surface area contributed by atoms with Crippen LogP contribution in [0.2, 0.25) is 0 Å². The lowest BCUT2D eigenvalue weighted by molar-refractivity contribution is 0.00444. The van der Waals surface area contributed by atoms with Crippen LogP contribution in [0.25, 0.3) is 0 Å². The van der Waals surface area contributed by atoms with Gasteiger partial charge in [-0.25, -0.2) is 0 Å². The van der Waals surface area contributed by atoms with E-state index in [2.05, 4.69) is 11.8 Å². The van der Waals surface area contributed by atoms with Crippen molar-refractivity contribution in [3.05, 3.63) is 0 Å². The molecule has 1 saturated carbocycles. The number of hydrogen-bond acceptors (Lipinski definition) is 2. The lowest BCUT2D eigenvalue weighted by atomic mass is 9.88. The Morgan fingerprint density at radius 2 is 2.00 bits per heavy atom. The van der Waals surface area contributed by atoms with E-state index >= 15 is 0 Å². The minimum absolute atomic E-state index is 0.134. The molecule has 0 bridgehead atoms. The molecule has 0 aromatic carbocycles. The van der Waals surface area contributed by atoms with E-state index in [9.17, 15) is 0 Å². The quantitative estimate of drug-likeness (QED) is 0.671. The number of aliphatic hydroxyl groups is 1. The van der Waals surface area contributed by atoms with Gasteiger partial charge >= 0.3 is 0 Å². The summed E-state index contributed by atoms with van der Waals surface area (Å²) in [6.07, 6.45) is 4.86. The van der Waals surface area contributed by atoms with Crippen molar-refractivity contribution in [2.75, 3.05) is 13.2 Å². The van der Waals surface area contributed by atoms with Crippen LogP contribution in [0.3, 0.4) is 0 Å². The predicted molar refractivity (Wildman–Crippen MR) is 52.2 cm³/mol. The largest absolute Gasteiger partial charge is 0.394 e. The maximum absolute atomic E-state index is 8.59. The van der Waals surface area contributed by atoms with Gasteiger partial charge in [-0.1, -0.05) is 0 Å². The Morgan fingerprint density at radius 3 is 2.54 bits per heavy atom. The van der Waals surface area contributed by atoms with Crippen LogP contribution in [0.15, 0.2) is 0 Å². The first-order valence-corrected chi connectivity index (χ1v) is 5.01. The van der Waals surface area contributed by atoms with Crippen molar-refractivity contribution in [3.63, 3.8) is 0 Å². The van der Waals surface area contributed by atoms with Gasteiger partial charge in [0, 0.05) is 5.92 Å². The van der Waals surface area contributed by atoms with Crippen LogP contribution in [0, 0.1) is 17.8 Å². The molecule has 0 aromatic heterocycles. The number of ether oxygens (including phenoxy) is 1. The molecule has 0 radical (unpaired) electrons. The van der Waals surface area contributed by atoms with Gasteiger partial charge in [0.1, 0.15) is 0 Å². The van der Waals surface area contributed by atoms with Gasteiger partial charge in [-0.3, -0.25) is 0 Å². The van der Waals surface area contributed by atoms with Crippen LogP contribution in [0.1, 0.15) is 32.6 Å². The molecule has 1 fully saturated rings. The van der Waals surface area contributed by atoms with E-state index in [0.717, 1.165) is 25.7 Å². The van der Waals surface area contributed by atoms with Crippen LogP contribution >= 0.6 is 0 Å². The molecule has 1 aliphatic carbocycles. The third-order valence-corrected chi connectivity index (χ3v) is 2.47. The first-order chi connectivity index (χ1) is 6.36. The molecule has 0 heterocycles. The molecular formula is C11H18O2. The molecule has 0 saturated heterocycles. The third-order valence-electron chi connectivity index (χ3n) is 2.47. The maximum atomic E-state index is 8.59. The highest BCUT2D eigenvalue weighted by atomic mass is 16.5. The Labute approximate surface area is 80.3 Å². The van der Waals surface area contributed by atoms with Gasteiger partial charge in [0.05, 0.1) is 19.3 Å². The van der Waals surface area contributed by atoms with Gasteiger partial charge in [0.15, 0.2) is 0 Å². The molecule has 2 nitrogen and oxygen atoms in total.